The van der Waals surface area contributed by atoms with Crippen LogP contribution in [0.4, 0.5) is 0 Å². The van der Waals surface area contributed by atoms with E-state index in [-0.39, 0.29) is 23.1 Å². The lowest BCUT2D eigenvalue weighted by atomic mass is 9.90. The highest BCUT2D eigenvalue weighted by molar-refractivity contribution is 7.99. The Balaban J connectivity index is 2.26. The van der Waals surface area contributed by atoms with Gasteiger partial charge in [0.05, 0.1) is 22.7 Å². The van der Waals surface area contributed by atoms with E-state index in [1.165, 1.54) is 11.8 Å². The van der Waals surface area contributed by atoms with Crippen molar-refractivity contribution in [3.05, 3.63) is 34.6 Å². The van der Waals surface area contributed by atoms with Crippen LogP contribution in [0.2, 0.25) is 0 Å². The molecule has 0 spiro atoms. The molecule has 1 unspecified atom stereocenters. The number of fused-ring (bicyclic) bond motifs is 1. The van der Waals surface area contributed by atoms with E-state index in [0.717, 1.165) is 12.8 Å². The molecule has 1 aromatic carbocycles. The molecular formula is C20H26N4O2S. The first-order valence-corrected chi connectivity index (χ1v) is 10.2. The van der Waals surface area contributed by atoms with Gasteiger partial charge in [-0.3, -0.25) is 14.2 Å². The zero-order chi connectivity index (χ0) is 20.0. The Labute approximate surface area is 164 Å². The minimum Gasteiger partial charge on any atom is -0.337 e. The third-order valence-corrected chi connectivity index (χ3v) is 5.66. The van der Waals surface area contributed by atoms with Crippen LogP contribution in [-0.2, 0) is 11.3 Å². The lowest BCUT2D eigenvalue weighted by Crippen LogP contribution is -2.49. The maximum absolute atomic E-state index is 12.8. The van der Waals surface area contributed by atoms with Crippen LogP contribution in [0.1, 0.15) is 40.5 Å². The fourth-order valence-corrected chi connectivity index (χ4v) is 3.35. The molecule has 1 N–H and O–H groups in total. The molecule has 0 aliphatic carbocycles. The van der Waals surface area contributed by atoms with Gasteiger partial charge in [0.2, 0.25) is 5.91 Å². The van der Waals surface area contributed by atoms with Gasteiger partial charge in [0, 0.05) is 6.54 Å². The van der Waals surface area contributed by atoms with Crippen molar-refractivity contribution in [2.75, 3.05) is 5.75 Å². The standard InChI is InChI=1S/C20H26N4O2S/c1-5-6-11-24-18(26)15-9-7-8-10-16(15)22-19(24)27-12-17(25)23-20(4,13-21)14(2)3/h7-10,14H,5-6,11-12H2,1-4H3,(H,23,25). The van der Waals surface area contributed by atoms with Gasteiger partial charge >= 0.3 is 0 Å². The van der Waals surface area contributed by atoms with E-state index >= 15 is 0 Å². The molecule has 2 aromatic rings. The summed E-state index contributed by atoms with van der Waals surface area (Å²) in [6.45, 7) is 8.13. The highest BCUT2D eigenvalue weighted by Gasteiger charge is 2.30. The Bertz CT molecular complexity index is 916. The molecule has 0 aliphatic rings. The van der Waals surface area contributed by atoms with Gasteiger partial charge in [-0.15, -0.1) is 0 Å². The Morgan fingerprint density at radius 2 is 2.11 bits per heavy atom. The minimum absolute atomic E-state index is 0.0158. The number of hydrogen-bond acceptors (Lipinski definition) is 5. The first-order valence-electron chi connectivity index (χ1n) is 9.17. The van der Waals surface area contributed by atoms with Gasteiger partial charge in [0.15, 0.2) is 5.16 Å². The van der Waals surface area contributed by atoms with Crippen LogP contribution in [0.3, 0.4) is 0 Å². The van der Waals surface area contributed by atoms with Gasteiger partial charge in [0.1, 0.15) is 5.54 Å². The average molecular weight is 387 g/mol. The second kappa shape index (κ2) is 9.05. The van der Waals surface area contributed by atoms with E-state index in [4.69, 9.17) is 0 Å². The smallest absolute Gasteiger partial charge is 0.262 e. The van der Waals surface area contributed by atoms with E-state index in [0.29, 0.717) is 22.6 Å². The molecule has 0 saturated carbocycles. The number of rotatable bonds is 8. The SMILES string of the molecule is CCCCn1c(SCC(=O)NC(C)(C#N)C(C)C)nc2ccccc2c1=O. The Morgan fingerprint density at radius 3 is 2.74 bits per heavy atom. The highest BCUT2D eigenvalue weighted by Crippen LogP contribution is 2.20. The molecule has 1 heterocycles. The summed E-state index contributed by atoms with van der Waals surface area (Å²) < 4.78 is 1.65. The first kappa shape index (κ1) is 21.0. The van der Waals surface area contributed by atoms with Gasteiger partial charge in [-0.1, -0.05) is 51.1 Å². The summed E-state index contributed by atoms with van der Waals surface area (Å²) in [7, 11) is 0. The number of nitrogens with one attached hydrogen (secondary N) is 1. The lowest BCUT2D eigenvalue weighted by Gasteiger charge is -2.27. The lowest BCUT2D eigenvalue weighted by molar-refractivity contribution is -0.120. The molecular weight excluding hydrogens is 360 g/mol. The number of nitrogens with zero attached hydrogens (tertiary/aromatic N) is 3. The van der Waals surface area contributed by atoms with Crippen molar-refractivity contribution >= 4 is 28.6 Å². The number of aromatic nitrogens is 2. The minimum atomic E-state index is -0.920. The number of nitriles is 1. The molecule has 2 rings (SSSR count). The molecule has 0 aliphatic heterocycles. The van der Waals surface area contributed by atoms with Crippen molar-refractivity contribution < 1.29 is 4.79 Å². The summed E-state index contributed by atoms with van der Waals surface area (Å²) in [6.07, 6.45) is 1.82. The molecule has 0 fully saturated rings. The normalized spacial score (nSPS) is 13.3. The van der Waals surface area contributed by atoms with Gasteiger partial charge in [-0.25, -0.2) is 4.98 Å². The van der Waals surface area contributed by atoms with Crippen LogP contribution < -0.4 is 10.9 Å². The topological polar surface area (TPSA) is 87.8 Å². The third kappa shape index (κ3) is 4.89. The van der Waals surface area contributed by atoms with Gasteiger partial charge in [-0.05, 0) is 31.4 Å². The molecule has 1 aromatic heterocycles. The van der Waals surface area contributed by atoms with Crippen molar-refractivity contribution in [1.29, 1.82) is 5.26 Å². The van der Waals surface area contributed by atoms with Crippen LogP contribution in [-0.4, -0.2) is 26.8 Å². The average Bonchev–Trinajstić information content (AvgIpc) is 2.65. The molecule has 1 amide bonds. The van der Waals surface area contributed by atoms with E-state index in [1.54, 1.807) is 23.6 Å². The number of para-hydroxylation sites is 1. The third-order valence-electron chi connectivity index (χ3n) is 4.68. The molecule has 7 heteroatoms. The van der Waals surface area contributed by atoms with Crippen LogP contribution in [0.15, 0.2) is 34.2 Å². The van der Waals surface area contributed by atoms with E-state index in [2.05, 4.69) is 23.3 Å². The highest BCUT2D eigenvalue weighted by atomic mass is 32.2. The summed E-state index contributed by atoms with van der Waals surface area (Å²) in [4.78, 5) is 29.8. The second-order valence-electron chi connectivity index (χ2n) is 7.03. The number of carbonyl (C=O) groups is 1. The van der Waals surface area contributed by atoms with Crippen LogP contribution in [0, 0.1) is 17.2 Å². The molecule has 0 radical (unpaired) electrons. The Morgan fingerprint density at radius 1 is 1.41 bits per heavy atom. The van der Waals surface area contributed by atoms with Crippen molar-refractivity contribution in [1.82, 2.24) is 14.9 Å². The zero-order valence-corrected chi connectivity index (χ0v) is 17.1. The number of carbonyl (C=O) groups excluding carboxylic acids is 1. The van der Waals surface area contributed by atoms with Crippen molar-refractivity contribution in [2.24, 2.45) is 5.92 Å². The van der Waals surface area contributed by atoms with Gasteiger partial charge in [0.25, 0.3) is 5.56 Å². The van der Waals surface area contributed by atoms with Crippen LogP contribution >= 0.6 is 11.8 Å². The molecule has 0 bridgehead atoms. The largest absolute Gasteiger partial charge is 0.337 e. The predicted molar refractivity (Wildman–Crippen MR) is 109 cm³/mol. The van der Waals surface area contributed by atoms with Gasteiger partial charge < -0.3 is 5.32 Å². The molecule has 6 nitrogen and oxygen atoms in total. The Kier molecular flexibility index (Phi) is 7.03. The fraction of sp³-hybridized carbons (Fsp3) is 0.500. The van der Waals surface area contributed by atoms with E-state index in [9.17, 15) is 14.9 Å². The molecule has 27 heavy (non-hydrogen) atoms. The van der Waals surface area contributed by atoms with Crippen molar-refractivity contribution in [3.8, 4) is 6.07 Å². The first-order chi connectivity index (χ1) is 12.8. The monoisotopic (exact) mass is 386 g/mol. The summed E-state index contributed by atoms with van der Waals surface area (Å²) in [5, 5.41) is 13.3. The van der Waals surface area contributed by atoms with Crippen LogP contribution in [0.5, 0.6) is 0 Å². The fourth-order valence-electron chi connectivity index (χ4n) is 2.53. The number of benzene rings is 1. The van der Waals surface area contributed by atoms with Crippen molar-refractivity contribution in [2.45, 2.75) is 57.8 Å². The van der Waals surface area contributed by atoms with Crippen molar-refractivity contribution in [3.63, 3.8) is 0 Å². The van der Waals surface area contributed by atoms with E-state index in [1.807, 2.05) is 26.0 Å². The Hall–Kier alpha value is -2.33. The molecule has 0 saturated heterocycles. The predicted octanol–water partition coefficient (Wildman–Crippen LogP) is 3.34. The number of unbranched alkanes of at least 4 members (excludes halogenated alkanes) is 1. The van der Waals surface area contributed by atoms with Gasteiger partial charge in [-0.2, -0.15) is 5.26 Å². The maximum atomic E-state index is 12.8. The number of thioether (sulfide) groups is 1. The maximum Gasteiger partial charge on any atom is 0.262 e. The quantitative estimate of drug-likeness (QED) is 0.555. The summed E-state index contributed by atoms with van der Waals surface area (Å²) >= 11 is 1.23. The summed E-state index contributed by atoms with van der Waals surface area (Å²) in [5.74, 6) is -0.166. The number of hydrogen-bond donors (Lipinski definition) is 1. The van der Waals surface area contributed by atoms with E-state index < -0.39 is 5.54 Å². The zero-order valence-electron chi connectivity index (χ0n) is 16.3. The molecule has 144 valence electrons. The summed E-state index contributed by atoms with van der Waals surface area (Å²) in [6, 6.07) is 9.41. The van der Waals surface area contributed by atoms with Crippen LogP contribution in [0.25, 0.3) is 10.9 Å². The molecule has 1 atom stereocenters. The number of amides is 1. The summed E-state index contributed by atoms with van der Waals surface area (Å²) in [5.41, 5.74) is -0.376. The second-order valence-corrected chi connectivity index (χ2v) is 7.97.